The minimum atomic E-state index is -0.359. The van der Waals surface area contributed by atoms with Crippen LogP contribution in [0.15, 0.2) is 47.3 Å². The van der Waals surface area contributed by atoms with E-state index in [0.717, 1.165) is 31.5 Å². The number of amides is 1. The summed E-state index contributed by atoms with van der Waals surface area (Å²) in [6.45, 7) is 1.74. The predicted molar refractivity (Wildman–Crippen MR) is 93.1 cm³/mol. The Kier molecular flexibility index (Phi) is 5.96. The van der Waals surface area contributed by atoms with Crippen molar-refractivity contribution < 1.29 is 4.79 Å². The Balaban J connectivity index is 0.00000192. The van der Waals surface area contributed by atoms with E-state index >= 15 is 0 Å². The van der Waals surface area contributed by atoms with Crippen molar-refractivity contribution in [2.45, 2.75) is 18.9 Å². The summed E-state index contributed by atoms with van der Waals surface area (Å²) in [5.74, 6) is -0.311. The van der Waals surface area contributed by atoms with Gasteiger partial charge < -0.3 is 15.6 Å². The van der Waals surface area contributed by atoms with Crippen LogP contribution in [0.1, 0.15) is 23.2 Å². The molecule has 23 heavy (non-hydrogen) atoms. The van der Waals surface area contributed by atoms with Crippen LogP contribution in [-0.2, 0) is 0 Å². The van der Waals surface area contributed by atoms with E-state index in [4.69, 9.17) is 0 Å². The number of hydrogen-bond acceptors (Lipinski definition) is 3. The van der Waals surface area contributed by atoms with Crippen LogP contribution >= 0.6 is 12.4 Å². The van der Waals surface area contributed by atoms with Crippen LogP contribution in [0, 0.1) is 0 Å². The lowest BCUT2D eigenvalue weighted by Gasteiger charge is -2.23. The Morgan fingerprint density at radius 2 is 1.91 bits per heavy atom. The fourth-order valence-electron chi connectivity index (χ4n) is 2.68. The van der Waals surface area contributed by atoms with Crippen molar-refractivity contribution in [1.29, 1.82) is 0 Å². The molecule has 0 unspecified atom stereocenters. The first-order valence-electron chi connectivity index (χ1n) is 7.54. The number of piperidine rings is 1. The second-order valence-electron chi connectivity index (χ2n) is 5.50. The molecule has 2 heterocycles. The fourth-order valence-corrected chi connectivity index (χ4v) is 2.68. The van der Waals surface area contributed by atoms with Gasteiger partial charge in [-0.05, 0) is 37.1 Å². The van der Waals surface area contributed by atoms with E-state index in [0.29, 0.717) is 5.69 Å². The highest BCUT2D eigenvalue weighted by atomic mass is 35.5. The molecule has 0 radical (unpaired) electrons. The van der Waals surface area contributed by atoms with Crippen LogP contribution in [0.5, 0.6) is 0 Å². The van der Waals surface area contributed by atoms with Crippen molar-refractivity contribution in [2.24, 2.45) is 0 Å². The first-order chi connectivity index (χ1) is 10.7. The molecule has 3 N–H and O–H groups in total. The zero-order chi connectivity index (χ0) is 15.4. The highest BCUT2D eigenvalue weighted by Gasteiger charge is 2.18. The topological polar surface area (TPSA) is 74.0 Å². The van der Waals surface area contributed by atoms with E-state index in [-0.39, 0.29) is 35.5 Å². The largest absolute Gasteiger partial charge is 0.348 e. The molecule has 1 amide bonds. The summed E-state index contributed by atoms with van der Waals surface area (Å²) >= 11 is 0. The number of nitrogens with one attached hydrogen (secondary N) is 3. The monoisotopic (exact) mass is 333 g/mol. The molecule has 1 saturated heterocycles. The van der Waals surface area contributed by atoms with Gasteiger partial charge in [-0.1, -0.05) is 30.3 Å². The van der Waals surface area contributed by atoms with E-state index in [1.54, 1.807) is 12.1 Å². The third kappa shape index (κ3) is 4.21. The number of benzene rings is 1. The lowest BCUT2D eigenvalue weighted by atomic mass is 10.1. The predicted octanol–water partition coefficient (Wildman–Crippen LogP) is 1.95. The van der Waals surface area contributed by atoms with Crippen molar-refractivity contribution in [3.05, 3.63) is 58.4 Å². The van der Waals surface area contributed by atoms with Crippen molar-refractivity contribution in [3.8, 4) is 11.3 Å². The molecule has 1 atom stereocenters. The first kappa shape index (κ1) is 17.2. The van der Waals surface area contributed by atoms with E-state index in [2.05, 4.69) is 15.6 Å². The van der Waals surface area contributed by atoms with Gasteiger partial charge in [0.1, 0.15) is 5.56 Å². The summed E-state index contributed by atoms with van der Waals surface area (Å²) in [5, 5.41) is 6.15. The standard InChI is InChI=1S/C17H19N3O2.ClH/c21-16(19-13-7-4-10-18-11-13)14-8-9-15(20-17(14)22)12-5-2-1-3-6-12;/h1-3,5-6,8-9,13,18H,4,7,10-11H2,(H,19,21)(H,20,22);1H/t13-;/m0./s1. The summed E-state index contributed by atoms with van der Waals surface area (Å²) in [6, 6.07) is 13.0. The number of hydrogen-bond donors (Lipinski definition) is 3. The van der Waals surface area contributed by atoms with Gasteiger partial charge in [-0.3, -0.25) is 9.59 Å². The summed E-state index contributed by atoms with van der Waals surface area (Å²) in [4.78, 5) is 27.2. The zero-order valence-corrected chi connectivity index (χ0v) is 13.5. The molecule has 0 spiro atoms. The zero-order valence-electron chi connectivity index (χ0n) is 12.7. The SMILES string of the molecule is Cl.O=C(N[C@H]1CCCNC1)c1ccc(-c2ccccc2)[nH]c1=O. The summed E-state index contributed by atoms with van der Waals surface area (Å²) in [5.41, 5.74) is 1.43. The van der Waals surface area contributed by atoms with E-state index < -0.39 is 0 Å². The minimum absolute atomic E-state index is 0. The number of carbonyl (C=O) groups excluding carboxylic acids is 1. The second kappa shape index (κ2) is 7.94. The second-order valence-corrected chi connectivity index (χ2v) is 5.50. The third-order valence-electron chi connectivity index (χ3n) is 3.87. The average Bonchev–Trinajstić information content (AvgIpc) is 2.56. The van der Waals surface area contributed by atoms with Crippen LogP contribution in [0.25, 0.3) is 11.3 Å². The number of carbonyl (C=O) groups is 1. The molecule has 3 rings (SSSR count). The Bertz CT molecular complexity index is 709. The summed E-state index contributed by atoms with van der Waals surface area (Å²) in [6.07, 6.45) is 1.98. The van der Waals surface area contributed by atoms with Crippen LogP contribution in [-0.4, -0.2) is 30.0 Å². The fraction of sp³-hybridized carbons (Fsp3) is 0.294. The Morgan fingerprint density at radius 3 is 2.57 bits per heavy atom. The molecule has 1 aromatic heterocycles. The molecule has 2 aromatic rings. The molecule has 1 aromatic carbocycles. The van der Waals surface area contributed by atoms with Crippen molar-refractivity contribution >= 4 is 18.3 Å². The molecule has 0 saturated carbocycles. The highest BCUT2D eigenvalue weighted by molar-refractivity contribution is 5.94. The van der Waals surface area contributed by atoms with E-state index in [1.807, 2.05) is 30.3 Å². The van der Waals surface area contributed by atoms with Gasteiger partial charge in [-0.25, -0.2) is 0 Å². The molecule has 122 valence electrons. The van der Waals surface area contributed by atoms with Crippen LogP contribution < -0.4 is 16.2 Å². The number of H-pyrrole nitrogens is 1. The number of rotatable bonds is 3. The maximum absolute atomic E-state index is 12.2. The molecule has 1 aliphatic heterocycles. The normalized spacial score (nSPS) is 17.1. The van der Waals surface area contributed by atoms with E-state index in [9.17, 15) is 9.59 Å². The molecule has 5 nitrogen and oxygen atoms in total. The molecule has 1 fully saturated rings. The van der Waals surface area contributed by atoms with Gasteiger partial charge >= 0.3 is 0 Å². The number of aromatic nitrogens is 1. The van der Waals surface area contributed by atoms with Crippen molar-refractivity contribution in [3.63, 3.8) is 0 Å². The number of halogens is 1. The number of pyridine rings is 1. The quantitative estimate of drug-likeness (QED) is 0.803. The van der Waals surface area contributed by atoms with Gasteiger partial charge in [0.2, 0.25) is 0 Å². The minimum Gasteiger partial charge on any atom is -0.348 e. The van der Waals surface area contributed by atoms with Crippen molar-refractivity contribution in [2.75, 3.05) is 13.1 Å². The lowest BCUT2D eigenvalue weighted by Crippen LogP contribution is -2.46. The maximum atomic E-state index is 12.2. The molecular weight excluding hydrogens is 314 g/mol. The van der Waals surface area contributed by atoms with Gasteiger partial charge in [-0.15, -0.1) is 12.4 Å². The molecule has 0 aliphatic carbocycles. The average molecular weight is 334 g/mol. The smallest absolute Gasteiger partial charge is 0.261 e. The summed E-state index contributed by atoms with van der Waals surface area (Å²) < 4.78 is 0. The third-order valence-corrected chi connectivity index (χ3v) is 3.87. The van der Waals surface area contributed by atoms with E-state index in [1.165, 1.54) is 0 Å². The summed E-state index contributed by atoms with van der Waals surface area (Å²) in [7, 11) is 0. The van der Waals surface area contributed by atoms with Gasteiger partial charge in [0.05, 0.1) is 0 Å². The van der Waals surface area contributed by atoms with Gasteiger partial charge in [0.15, 0.2) is 0 Å². The Hall–Kier alpha value is -2.11. The van der Waals surface area contributed by atoms with Crippen LogP contribution in [0.4, 0.5) is 0 Å². The van der Waals surface area contributed by atoms with Crippen LogP contribution in [0.2, 0.25) is 0 Å². The lowest BCUT2D eigenvalue weighted by molar-refractivity contribution is 0.0929. The van der Waals surface area contributed by atoms with Gasteiger partial charge in [0.25, 0.3) is 11.5 Å². The maximum Gasteiger partial charge on any atom is 0.261 e. The van der Waals surface area contributed by atoms with Gasteiger partial charge in [-0.2, -0.15) is 0 Å². The molecule has 1 aliphatic rings. The molecule has 0 bridgehead atoms. The first-order valence-corrected chi connectivity index (χ1v) is 7.54. The highest BCUT2D eigenvalue weighted by Crippen LogP contribution is 2.14. The Labute approximate surface area is 140 Å². The molecule has 6 heteroatoms. The van der Waals surface area contributed by atoms with Gasteiger partial charge in [0, 0.05) is 18.3 Å². The molecular formula is C17H20ClN3O2. The Morgan fingerprint density at radius 1 is 1.13 bits per heavy atom. The van der Waals surface area contributed by atoms with Crippen molar-refractivity contribution in [1.82, 2.24) is 15.6 Å². The number of aromatic amines is 1. The van der Waals surface area contributed by atoms with Crippen LogP contribution in [0.3, 0.4) is 0 Å².